The molecule has 0 aromatic heterocycles. The van der Waals surface area contributed by atoms with Crippen LogP contribution in [-0.2, 0) is 16.0 Å². The number of nitrogens with one attached hydrogen (secondary N) is 1. The van der Waals surface area contributed by atoms with Crippen molar-refractivity contribution in [3.63, 3.8) is 0 Å². The van der Waals surface area contributed by atoms with Crippen LogP contribution in [0.25, 0.3) is 6.08 Å². The van der Waals surface area contributed by atoms with Crippen LogP contribution in [0.2, 0.25) is 10.0 Å². The Bertz CT molecular complexity index is 927. The largest absolute Gasteiger partial charge is 0.353 e. The zero-order valence-corrected chi connectivity index (χ0v) is 17.3. The van der Waals surface area contributed by atoms with Gasteiger partial charge in [-0.2, -0.15) is 0 Å². The minimum atomic E-state index is -0.315. The Labute approximate surface area is 175 Å². The van der Waals surface area contributed by atoms with Crippen LogP contribution in [0.3, 0.4) is 0 Å². The van der Waals surface area contributed by atoms with Crippen molar-refractivity contribution in [3.05, 3.63) is 75.4 Å². The van der Waals surface area contributed by atoms with Crippen molar-refractivity contribution < 1.29 is 9.59 Å². The maximum absolute atomic E-state index is 12.7. The first-order valence-electron chi connectivity index (χ1n) is 9.14. The Morgan fingerprint density at radius 3 is 2.64 bits per heavy atom. The molecule has 0 saturated carbocycles. The maximum Gasteiger partial charge on any atom is 0.223 e. The second-order valence-electron chi connectivity index (χ2n) is 7.00. The predicted molar refractivity (Wildman–Crippen MR) is 113 cm³/mol. The van der Waals surface area contributed by atoms with Crippen LogP contribution < -0.4 is 5.32 Å². The minimum absolute atomic E-state index is 0.0930. The van der Waals surface area contributed by atoms with Gasteiger partial charge in [-0.25, -0.2) is 0 Å². The lowest BCUT2D eigenvalue weighted by molar-refractivity contribution is -0.130. The molecular weight excluding hydrogens is 395 g/mol. The third-order valence-electron chi connectivity index (χ3n) is 4.80. The van der Waals surface area contributed by atoms with Gasteiger partial charge < -0.3 is 10.2 Å². The van der Waals surface area contributed by atoms with E-state index < -0.39 is 0 Å². The normalized spacial score (nSPS) is 16.4. The summed E-state index contributed by atoms with van der Waals surface area (Å²) in [6.45, 7) is 3.44. The zero-order chi connectivity index (χ0) is 20.3. The average molecular weight is 417 g/mol. The fraction of sp³-hybridized carbons (Fsp3) is 0.273. The van der Waals surface area contributed by atoms with Crippen molar-refractivity contribution in [2.24, 2.45) is 0 Å². The van der Waals surface area contributed by atoms with E-state index in [1.807, 2.05) is 43.3 Å². The Morgan fingerprint density at radius 2 is 1.93 bits per heavy atom. The van der Waals surface area contributed by atoms with Crippen LogP contribution in [-0.4, -0.2) is 22.8 Å². The highest BCUT2D eigenvalue weighted by atomic mass is 35.5. The monoisotopic (exact) mass is 416 g/mol. The molecule has 146 valence electrons. The summed E-state index contributed by atoms with van der Waals surface area (Å²) in [5.41, 5.74) is 2.93. The van der Waals surface area contributed by atoms with Crippen molar-refractivity contribution in [1.82, 2.24) is 10.2 Å². The number of benzene rings is 2. The van der Waals surface area contributed by atoms with Crippen molar-refractivity contribution in [2.45, 2.75) is 38.8 Å². The molecule has 1 heterocycles. The highest BCUT2D eigenvalue weighted by Crippen LogP contribution is 2.32. The molecule has 2 unspecified atom stereocenters. The van der Waals surface area contributed by atoms with Gasteiger partial charge in [0.1, 0.15) is 0 Å². The van der Waals surface area contributed by atoms with E-state index >= 15 is 0 Å². The van der Waals surface area contributed by atoms with Crippen LogP contribution in [0.4, 0.5) is 0 Å². The molecule has 0 spiro atoms. The summed E-state index contributed by atoms with van der Waals surface area (Å²) in [6.07, 6.45) is 4.44. The third kappa shape index (κ3) is 4.75. The fourth-order valence-corrected chi connectivity index (χ4v) is 3.98. The predicted octanol–water partition coefficient (Wildman–Crippen LogP) is 5.00. The second kappa shape index (κ2) is 8.80. The third-order valence-corrected chi connectivity index (χ3v) is 5.38. The van der Waals surface area contributed by atoms with Crippen molar-refractivity contribution in [1.29, 1.82) is 0 Å². The van der Waals surface area contributed by atoms with Crippen molar-refractivity contribution in [2.75, 3.05) is 0 Å². The standard InChI is InChI=1S/C22H22Cl2N2O2/c1-14(11-17-7-8-18(23)12-20(17)24)25-22(28)13-21-19-6-4-3-5-16(19)9-10-26(21)15(2)27/h3-10,12,14,21H,11,13H2,1-2H3,(H,25,28). The van der Waals surface area contributed by atoms with E-state index in [-0.39, 0.29) is 30.3 Å². The zero-order valence-electron chi connectivity index (χ0n) is 15.8. The SMILES string of the molecule is CC(=O)N1C=Cc2ccccc2C1CC(=O)NC(C)Cc1ccc(Cl)cc1Cl. The van der Waals surface area contributed by atoms with Gasteiger partial charge in [-0.05, 0) is 48.2 Å². The fourth-order valence-electron chi connectivity index (χ4n) is 3.49. The lowest BCUT2D eigenvalue weighted by Crippen LogP contribution is -2.38. The van der Waals surface area contributed by atoms with Crippen molar-refractivity contribution in [3.8, 4) is 0 Å². The number of hydrogen-bond acceptors (Lipinski definition) is 2. The van der Waals surface area contributed by atoms with E-state index in [1.54, 1.807) is 23.2 Å². The Kier molecular flexibility index (Phi) is 6.42. The highest BCUT2D eigenvalue weighted by Gasteiger charge is 2.28. The van der Waals surface area contributed by atoms with Crippen LogP contribution in [0.15, 0.2) is 48.7 Å². The molecule has 4 nitrogen and oxygen atoms in total. The summed E-state index contributed by atoms with van der Waals surface area (Å²) in [5, 5.41) is 4.18. The van der Waals surface area contributed by atoms with Gasteiger partial charge in [0.05, 0.1) is 12.5 Å². The molecule has 1 aliphatic heterocycles. The van der Waals surface area contributed by atoms with E-state index in [1.165, 1.54) is 6.92 Å². The number of carbonyl (C=O) groups is 2. The highest BCUT2D eigenvalue weighted by molar-refractivity contribution is 6.35. The number of carbonyl (C=O) groups excluding carboxylic acids is 2. The van der Waals surface area contributed by atoms with Gasteiger partial charge in [0, 0.05) is 29.2 Å². The summed E-state index contributed by atoms with van der Waals surface area (Å²) in [5.74, 6) is -0.205. The van der Waals surface area contributed by atoms with Crippen LogP contribution in [0, 0.1) is 0 Å². The van der Waals surface area contributed by atoms with Crippen molar-refractivity contribution >= 4 is 41.1 Å². The first-order valence-corrected chi connectivity index (χ1v) is 9.90. The van der Waals surface area contributed by atoms with E-state index in [0.29, 0.717) is 16.5 Å². The molecule has 1 aliphatic rings. The van der Waals surface area contributed by atoms with Crippen LogP contribution >= 0.6 is 23.2 Å². The van der Waals surface area contributed by atoms with Crippen LogP contribution in [0.5, 0.6) is 0 Å². The Morgan fingerprint density at radius 1 is 1.18 bits per heavy atom. The summed E-state index contributed by atoms with van der Waals surface area (Å²) in [7, 11) is 0. The smallest absolute Gasteiger partial charge is 0.223 e. The molecule has 0 saturated heterocycles. The van der Waals surface area contributed by atoms with E-state index in [9.17, 15) is 9.59 Å². The first-order chi connectivity index (χ1) is 13.3. The molecule has 1 N–H and O–H groups in total. The molecule has 2 aromatic rings. The molecule has 0 bridgehead atoms. The molecule has 0 fully saturated rings. The van der Waals surface area contributed by atoms with E-state index in [2.05, 4.69) is 5.32 Å². The molecule has 0 radical (unpaired) electrons. The summed E-state index contributed by atoms with van der Waals surface area (Å²) >= 11 is 12.2. The van der Waals surface area contributed by atoms with Gasteiger partial charge in [0.25, 0.3) is 0 Å². The van der Waals surface area contributed by atoms with Gasteiger partial charge in [-0.1, -0.05) is 53.5 Å². The number of amides is 2. The number of halogens is 2. The summed E-state index contributed by atoms with van der Waals surface area (Å²) < 4.78 is 0. The van der Waals surface area contributed by atoms with E-state index in [4.69, 9.17) is 23.2 Å². The summed E-state index contributed by atoms with van der Waals surface area (Å²) in [6, 6.07) is 12.7. The van der Waals surface area contributed by atoms with Crippen LogP contribution in [0.1, 0.15) is 43.0 Å². The molecule has 2 amide bonds. The Hall–Kier alpha value is -2.30. The molecule has 2 atom stereocenters. The topological polar surface area (TPSA) is 49.4 Å². The van der Waals surface area contributed by atoms with E-state index in [0.717, 1.165) is 16.7 Å². The van der Waals surface area contributed by atoms with Gasteiger partial charge in [-0.3, -0.25) is 9.59 Å². The minimum Gasteiger partial charge on any atom is -0.353 e. The number of hydrogen-bond donors (Lipinski definition) is 1. The van der Waals surface area contributed by atoms with Gasteiger partial charge in [-0.15, -0.1) is 0 Å². The van der Waals surface area contributed by atoms with Gasteiger partial charge >= 0.3 is 0 Å². The second-order valence-corrected chi connectivity index (χ2v) is 7.84. The number of rotatable bonds is 5. The summed E-state index contributed by atoms with van der Waals surface area (Å²) in [4.78, 5) is 26.4. The maximum atomic E-state index is 12.7. The molecule has 0 aliphatic carbocycles. The van der Waals surface area contributed by atoms with Gasteiger partial charge in [0.2, 0.25) is 11.8 Å². The molecular formula is C22H22Cl2N2O2. The molecule has 3 rings (SSSR count). The number of nitrogens with zero attached hydrogens (tertiary/aromatic N) is 1. The molecule has 2 aromatic carbocycles. The Balaban J connectivity index is 1.68. The lowest BCUT2D eigenvalue weighted by Gasteiger charge is -2.32. The molecule has 6 heteroatoms. The molecule has 28 heavy (non-hydrogen) atoms. The van der Waals surface area contributed by atoms with Gasteiger partial charge in [0.15, 0.2) is 0 Å². The number of fused-ring (bicyclic) bond motifs is 1. The quantitative estimate of drug-likeness (QED) is 0.744. The lowest BCUT2D eigenvalue weighted by atomic mass is 9.93. The first kappa shape index (κ1) is 20.4. The average Bonchev–Trinajstić information content (AvgIpc) is 2.64.